The summed E-state index contributed by atoms with van der Waals surface area (Å²) in [6.07, 6.45) is 7.13. The summed E-state index contributed by atoms with van der Waals surface area (Å²) in [5.74, 6) is -0.560. The molecule has 1 saturated carbocycles. The van der Waals surface area contributed by atoms with Crippen molar-refractivity contribution in [3.05, 3.63) is 50.8 Å². The molecule has 0 unspecified atom stereocenters. The van der Waals surface area contributed by atoms with Crippen molar-refractivity contribution < 1.29 is 19.4 Å². The Morgan fingerprint density at radius 2 is 2.00 bits per heavy atom. The first-order valence-corrected chi connectivity index (χ1v) is 10.3. The normalized spacial score (nSPS) is 16.5. The maximum Gasteiger partial charge on any atom is 0.341 e. The van der Waals surface area contributed by atoms with Crippen LogP contribution in [0.15, 0.2) is 29.2 Å². The van der Waals surface area contributed by atoms with Gasteiger partial charge in [0.15, 0.2) is 5.43 Å². The van der Waals surface area contributed by atoms with E-state index >= 15 is 0 Å². The Balaban J connectivity index is 1.81. The second-order valence-electron chi connectivity index (χ2n) is 7.85. The SMILES string of the molecule is COCCCOc1cc2c(cc1Cl)-c1cc(=O)c(C(=O)O)cn1C1(CCCC1)C2. The first-order valence-electron chi connectivity index (χ1n) is 9.90. The molecular formula is C22H24ClNO5. The number of rotatable bonds is 6. The lowest BCUT2D eigenvalue weighted by atomic mass is 9.81. The van der Waals surface area contributed by atoms with Crippen LogP contribution in [0.2, 0.25) is 5.02 Å². The number of ether oxygens (including phenoxy) is 2. The van der Waals surface area contributed by atoms with E-state index in [0.29, 0.717) is 24.0 Å². The zero-order valence-corrected chi connectivity index (χ0v) is 17.1. The van der Waals surface area contributed by atoms with E-state index in [9.17, 15) is 14.7 Å². The van der Waals surface area contributed by atoms with Gasteiger partial charge < -0.3 is 19.1 Å². The molecule has 7 heteroatoms. The standard InChI is InChI=1S/C22H24ClNO5/c1-28-7-4-8-29-20-9-14-12-22(5-2-3-6-22)24-13-16(21(26)27)19(25)11-18(24)15(14)10-17(20)23/h9-11,13H,2-8,12H2,1H3,(H,26,27). The fourth-order valence-electron chi connectivity index (χ4n) is 4.66. The summed E-state index contributed by atoms with van der Waals surface area (Å²) in [5.41, 5.74) is 1.80. The molecule has 1 aliphatic heterocycles. The molecule has 1 spiro atoms. The minimum atomic E-state index is -1.19. The number of carbonyl (C=O) groups is 1. The Bertz CT molecular complexity index is 1010. The van der Waals surface area contributed by atoms with Gasteiger partial charge in [0.1, 0.15) is 11.3 Å². The summed E-state index contributed by atoms with van der Waals surface area (Å²) in [4.78, 5) is 24.0. The van der Waals surface area contributed by atoms with Crippen molar-refractivity contribution in [2.45, 2.75) is 44.1 Å². The van der Waals surface area contributed by atoms with Crippen LogP contribution in [0.5, 0.6) is 5.75 Å². The topological polar surface area (TPSA) is 77.8 Å². The molecule has 2 aliphatic rings. The molecule has 4 rings (SSSR count). The Labute approximate surface area is 174 Å². The molecular weight excluding hydrogens is 394 g/mol. The number of fused-ring (bicyclic) bond motifs is 4. The largest absolute Gasteiger partial charge is 0.492 e. The van der Waals surface area contributed by atoms with Crippen molar-refractivity contribution in [1.82, 2.24) is 4.57 Å². The van der Waals surface area contributed by atoms with Crippen molar-refractivity contribution in [2.75, 3.05) is 20.3 Å². The molecule has 0 bridgehead atoms. The van der Waals surface area contributed by atoms with Gasteiger partial charge in [0.2, 0.25) is 0 Å². The molecule has 29 heavy (non-hydrogen) atoms. The third-order valence-corrected chi connectivity index (χ3v) is 6.33. The van der Waals surface area contributed by atoms with Crippen LogP contribution in [0.4, 0.5) is 0 Å². The van der Waals surface area contributed by atoms with Gasteiger partial charge in [-0.2, -0.15) is 0 Å². The number of nitrogens with zero attached hydrogens (tertiary/aromatic N) is 1. The summed E-state index contributed by atoms with van der Waals surface area (Å²) in [7, 11) is 1.65. The molecule has 1 aliphatic carbocycles. The molecule has 1 fully saturated rings. The van der Waals surface area contributed by atoms with E-state index in [1.54, 1.807) is 7.11 Å². The van der Waals surface area contributed by atoms with E-state index < -0.39 is 11.4 Å². The predicted molar refractivity (Wildman–Crippen MR) is 110 cm³/mol. The van der Waals surface area contributed by atoms with Crippen LogP contribution in [0.1, 0.15) is 48.0 Å². The average Bonchev–Trinajstić information content (AvgIpc) is 3.15. The van der Waals surface area contributed by atoms with Gasteiger partial charge in [0.05, 0.1) is 17.3 Å². The molecule has 6 nitrogen and oxygen atoms in total. The quantitative estimate of drug-likeness (QED) is 0.716. The number of aromatic carboxylic acids is 1. The lowest BCUT2D eigenvalue weighted by Crippen LogP contribution is -2.38. The van der Waals surface area contributed by atoms with E-state index in [1.165, 1.54) is 12.3 Å². The van der Waals surface area contributed by atoms with Gasteiger partial charge in [-0.1, -0.05) is 24.4 Å². The highest BCUT2D eigenvalue weighted by molar-refractivity contribution is 6.32. The Morgan fingerprint density at radius 3 is 2.69 bits per heavy atom. The van der Waals surface area contributed by atoms with Gasteiger partial charge in [-0.25, -0.2) is 4.79 Å². The van der Waals surface area contributed by atoms with Gasteiger partial charge in [0, 0.05) is 43.5 Å². The molecule has 0 saturated heterocycles. The zero-order valence-electron chi connectivity index (χ0n) is 16.4. The third-order valence-electron chi connectivity index (χ3n) is 6.03. The van der Waals surface area contributed by atoms with Crippen molar-refractivity contribution in [3.8, 4) is 17.0 Å². The van der Waals surface area contributed by atoms with Crippen molar-refractivity contribution >= 4 is 17.6 Å². The third kappa shape index (κ3) is 3.55. The second kappa shape index (κ2) is 7.84. The molecule has 0 amide bonds. The van der Waals surface area contributed by atoms with Crippen molar-refractivity contribution in [2.24, 2.45) is 0 Å². The van der Waals surface area contributed by atoms with E-state index in [-0.39, 0.29) is 11.1 Å². The molecule has 1 aromatic carbocycles. The lowest BCUT2D eigenvalue weighted by molar-refractivity contribution is 0.0693. The molecule has 1 N–H and O–H groups in total. The molecule has 2 heterocycles. The van der Waals surface area contributed by atoms with Crippen LogP contribution in [-0.2, 0) is 16.7 Å². The number of halogens is 1. The van der Waals surface area contributed by atoms with Gasteiger partial charge in [-0.15, -0.1) is 0 Å². The Hall–Kier alpha value is -2.31. The zero-order chi connectivity index (χ0) is 20.6. The summed E-state index contributed by atoms with van der Waals surface area (Å²) in [6.45, 7) is 1.13. The Kier molecular flexibility index (Phi) is 5.40. The number of carboxylic acid groups (broad SMARTS) is 1. The van der Waals surface area contributed by atoms with E-state index in [2.05, 4.69) is 0 Å². The van der Waals surface area contributed by atoms with Crippen molar-refractivity contribution in [1.29, 1.82) is 0 Å². The maximum absolute atomic E-state index is 12.4. The molecule has 0 atom stereocenters. The van der Waals surface area contributed by atoms with Crippen LogP contribution in [0.3, 0.4) is 0 Å². The van der Waals surface area contributed by atoms with Crippen LogP contribution < -0.4 is 10.2 Å². The number of methoxy groups -OCH3 is 1. The summed E-state index contributed by atoms with van der Waals surface area (Å²) < 4.78 is 12.9. The van der Waals surface area contributed by atoms with Crippen molar-refractivity contribution in [3.63, 3.8) is 0 Å². The molecule has 0 radical (unpaired) electrons. The molecule has 2 aromatic rings. The highest BCUT2D eigenvalue weighted by atomic mass is 35.5. The second-order valence-corrected chi connectivity index (χ2v) is 8.26. The number of hydrogen-bond donors (Lipinski definition) is 1. The molecule has 154 valence electrons. The highest BCUT2D eigenvalue weighted by Gasteiger charge is 2.41. The highest BCUT2D eigenvalue weighted by Crippen LogP contribution is 2.48. The van der Waals surface area contributed by atoms with Crippen LogP contribution in [0, 0.1) is 0 Å². The van der Waals surface area contributed by atoms with Gasteiger partial charge >= 0.3 is 5.97 Å². The molecule has 1 aromatic heterocycles. The minimum Gasteiger partial charge on any atom is -0.492 e. The van der Waals surface area contributed by atoms with E-state index in [4.69, 9.17) is 21.1 Å². The average molecular weight is 418 g/mol. The first kappa shape index (κ1) is 20.0. The lowest BCUT2D eigenvalue weighted by Gasteiger charge is -2.40. The van der Waals surface area contributed by atoms with E-state index in [1.807, 2.05) is 16.7 Å². The Morgan fingerprint density at radius 1 is 1.24 bits per heavy atom. The van der Waals surface area contributed by atoms with Crippen LogP contribution in [0.25, 0.3) is 11.3 Å². The smallest absolute Gasteiger partial charge is 0.341 e. The number of aromatic nitrogens is 1. The predicted octanol–water partition coefficient (Wildman–Crippen LogP) is 4.11. The minimum absolute atomic E-state index is 0.187. The monoisotopic (exact) mass is 417 g/mol. The maximum atomic E-state index is 12.4. The number of pyridine rings is 1. The summed E-state index contributed by atoms with van der Waals surface area (Å²) in [5, 5.41) is 9.91. The van der Waals surface area contributed by atoms with Crippen LogP contribution in [-0.4, -0.2) is 36.0 Å². The summed E-state index contributed by atoms with van der Waals surface area (Å²) >= 11 is 6.48. The van der Waals surface area contributed by atoms with Crippen LogP contribution >= 0.6 is 11.6 Å². The van der Waals surface area contributed by atoms with Gasteiger partial charge in [0.25, 0.3) is 0 Å². The number of carboxylic acids is 1. The fraction of sp³-hybridized carbons (Fsp3) is 0.455. The summed E-state index contributed by atoms with van der Waals surface area (Å²) in [6, 6.07) is 5.25. The van der Waals surface area contributed by atoms with E-state index in [0.717, 1.165) is 55.3 Å². The van der Waals surface area contributed by atoms with Gasteiger partial charge in [-0.3, -0.25) is 4.79 Å². The fourth-order valence-corrected chi connectivity index (χ4v) is 4.88. The first-order chi connectivity index (χ1) is 13.9. The number of benzene rings is 1. The van der Waals surface area contributed by atoms with Gasteiger partial charge in [-0.05, 0) is 37.0 Å². The number of hydrogen-bond acceptors (Lipinski definition) is 4.